The topological polar surface area (TPSA) is 127 Å². The zero-order valence-corrected chi connectivity index (χ0v) is 16.4. The van der Waals surface area contributed by atoms with Crippen LogP contribution in [-0.2, 0) is 9.59 Å². The number of carbonyl (C=O) groups is 3. The van der Waals surface area contributed by atoms with E-state index in [0.717, 1.165) is 0 Å². The molecule has 0 aliphatic carbocycles. The summed E-state index contributed by atoms with van der Waals surface area (Å²) in [7, 11) is 0. The van der Waals surface area contributed by atoms with Crippen molar-refractivity contribution in [2.24, 2.45) is 16.6 Å². The van der Waals surface area contributed by atoms with Gasteiger partial charge in [-0.2, -0.15) is 0 Å². The van der Waals surface area contributed by atoms with E-state index in [1.165, 1.54) is 6.07 Å². The van der Waals surface area contributed by atoms with Gasteiger partial charge in [0.15, 0.2) is 5.65 Å². The first-order valence-electron chi connectivity index (χ1n) is 8.53. The lowest BCUT2D eigenvalue weighted by molar-refractivity contribution is -0.123. The second-order valence-electron chi connectivity index (χ2n) is 8.40. The number of hydrogen-bond acceptors (Lipinski definition) is 5. The summed E-state index contributed by atoms with van der Waals surface area (Å²) < 4.78 is 0. The third-order valence-electron chi connectivity index (χ3n) is 3.78. The van der Waals surface area contributed by atoms with Gasteiger partial charge in [-0.05, 0) is 18.2 Å². The van der Waals surface area contributed by atoms with Crippen LogP contribution in [0.2, 0.25) is 0 Å². The summed E-state index contributed by atoms with van der Waals surface area (Å²) in [6.45, 7) is 10.6. The van der Waals surface area contributed by atoms with Gasteiger partial charge in [0.05, 0.1) is 5.56 Å². The van der Waals surface area contributed by atoms with Gasteiger partial charge in [-0.1, -0.05) is 41.5 Å². The Morgan fingerprint density at radius 3 is 1.96 bits per heavy atom. The first-order chi connectivity index (χ1) is 12.3. The Bertz CT molecular complexity index is 923. The molecule has 2 rings (SSSR count). The lowest BCUT2D eigenvalue weighted by Crippen LogP contribution is -2.29. The van der Waals surface area contributed by atoms with Crippen molar-refractivity contribution in [1.29, 1.82) is 0 Å². The minimum Gasteiger partial charge on any atom is -0.365 e. The molecule has 0 radical (unpaired) electrons. The number of rotatable bonds is 3. The predicted molar refractivity (Wildman–Crippen MR) is 104 cm³/mol. The van der Waals surface area contributed by atoms with E-state index in [-0.39, 0.29) is 28.8 Å². The van der Waals surface area contributed by atoms with Gasteiger partial charge in [0.1, 0.15) is 11.6 Å². The Morgan fingerprint density at radius 1 is 0.889 bits per heavy atom. The fourth-order valence-corrected chi connectivity index (χ4v) is 2.00. The van der Waals surface area contributed by atoms with Crippen LogP contribution in [0.4, 0.5) is 11.6 Å². The molecular formula is C19H25N5O3. The number of fused-ring (bicyclic) bond motifs is 1. The highest BCUT2D eigenvalue weighted by molar-refractivity contribution is 6.05. The van der Waals surface area contributed by atoms with Crippen molar-refractivity contribution in [2.75, 3.05) is 10.6 Å². The summed E-state index contributed by atoms with van der Waals surface area (Å²) in [4.78, 5) is 44.8. The second-order valence-corrected chi connectivity index (χ2v) is 8.40. The third-order valence-corrected chi connectivity index (χ3v) is 3.78. The number of pyridine rings is 2. The van der Waals surface area contributed by atoms with E-state index < -0.39 is 16.7 Å². The SMILES string of the molecule is CC(C)(C)C(=O)Nc1ccc2cc(C(N)=O)c(NC(=O)C(C)(C)C)nc2n1. The van der Waals surface area contributed by atoms with Gasteiger partial charge in [0, 0.05) is 16.2 Å². The summed E-state index contributed by atoms with van der Waals surface area (Å²) in [5, 5.41) is 5.92. The largest absolute Gasteiger partial charge is 0.365 e. The van der Waals surface area contributed by atoms with E-state index in [1.54, 1.807) is 53.7 Å². The maximum Gasteiger partial charge on any atom is 0.252 e. The number of nitrogens with one attached hydrogen (secondary N) is 2. The van der Waals surface area contributed by atoms with Gasteiger partial charge in [-0.25, -0.2) is 9.97 Å². The first kappa shape index (κ1) is 20.3. The number of amides is 3. The molecule has 0 bridgehead atoms. The molecule has 8 nitrogen and oxygen atoms in total. The van der Waals surface area contributed by atoms with Crippen molar-refractivity contribution in [3.63, 3.8) is 0 Å². The highest BCUT2D eigenvalue weighted by Gasteiger charge is 2.25. The maximum atomic E-state index is 12.3. The Balaban J connectivity index is 2.48. The van der Waals surface area contributed by atoms with Crippen LogP contribution in [0, 0.1) is 10.8 Å². The number of nitrogens with zero attached hydrogens (tertiary/aromatic N) is 2. The van der Waals surface area contributed by atoms with Crippen molar-refractivity contribution in [1.82, 2.24) is 9.97 Å². The van der Waals surface area contributed by atoms with E-state index in [4.69, 9.17) is 5.73 Å². The van der Waals surface area contributed by atoms with Crippen LogP contribution in [0.3, 0.4) is 0 Å². The summed E-state index contributed by atoms with van der Waals surface area (Å²) in [5.41, 5.74) is 4.53. The Kier molecular flexibility index (Phi) is 5.21. The van der Waals surface area contributed by atoms with Crippen LogP contribution >= 0.6 is 0 Å². The molecular weight excluding hydrogens is 346 g/mol. The highest BCUT2D eigenvalue weighted by Crippen LogP contribution is 2.24. The molecule has 8 heteroatoms. The summed E-state index contributed by atoms with van der Waals surface area (Å²) in [6, 6.07) is 4.81. The second kappa shape index (κ2) is 6.94. The van der Waals surface area contributed by atoms with Gasteiger partial charge in [-0.15, -0.1) is 0 Å². The number of nitrogens with two attached hydrogens (primary N) is 1. The zero-order valence-electron chi connectivity index (χ0n) is 16.4. The fourth-order valence-electron chi connectivity index (χ4n) is 2.00. The standard InChI is InChI=1S/C19H25N5O3/c1-18(2,3)16(26)22-12-8-7-10-9-11(13(20)25)15(23-14(10)21-12)24-17(27)19(4,5)6/h7-9H,1-6H3,(H2,20,25)(H2,21,22,23,24,26,27). The van der Waals surface area contributed by atoms with Crippen LogP contribution in [0.5, 0.6) is 0 Å². The van der Waals surface area contributed by atoms with Crippen molar-refractivity contribution in [3.8, 4) is 0 Å². The molecule has 0 atom stereocenters. The number of carbonyl (C=O) groups excluding carboxylic acids is 3. The molecule has 3 amide bonds. The molecule has 0 spiro atoms. The fraction of sp³-hybridized carbons (Fsp3) is 0.421. The number of aromatic nitrogens is 2. The van der Waals surface area contributed by atoms with Crippen LogP contribution in [0.1, 0.15) is 51.9 Å². The van der Waals surface area contributed by atoms with Gasteiger partial charge >= 0.3 is 0 Å². The number of hydrogen-bond donors (Lipinski definition) is 3. The molecule has 0 aliphatic rings. The van der Waals surface area contributed by atoms with E-state index in [0.29, 0.717) is 11.2 Å². The lowest BCUT2D eigenvalue weighted by atomic mass is 9.95. The van der Waals surface area contributed by atoms with Crippen molar-refractivity contribution >= 4 is 40.4 Å². The van der Waals surface area contributed by atoms with Crippen LogP contribution in [0.25, 0.3) is 11.0 Å². The summed E-state index contributed by atoms with van der Waals surface area (Å²) >= 11 is 0. The quantitative estimate of drug-likeness (QED) is 0.764. The normalized spacial score (nSPS) is 11.9. The maximum absolute atomic E-state index is 12.3. The molecule has 0 aliphatic heterocycles. The van der Waals surface area contributed by atoms with Crippen LogP contribution in [-0.4, -0.2) is 27.7 Å². The van der Waals surface area contributed by atoms with Crippen molar-refractivity contribution in [3.05, 3.63) is 23.8 Å². The number of primary amides is 1. The van der Waals surface area contributed by atoms with E-state index in [2.05, 4.69) is 20.6 Å². The summed E-state index contributed by atoms with van der Waals surface area (Å²) in [5.74, 6) is -0.839. The van der Waals surface area contributed by atoms with E-state index >= 15 is 0 Å². The Morgan fingerprint density at radius 2 is 1.44 bits per heavy atom. The van der Waals surface area contributed by atoms with Crippen LogP contribution < -0.4 is 16.4 Å². The zero-order chi connectivity index (χ0) is 20.6. The minimum atomic E-state index is -0.710. The molecule has 4 N–H and O–H groups in total. The molecule has 0 saturated carbocycles. The lowest BCUT2D eigenvalue weighted by Gasteiger charge is -2.19. The van der Waals surface area contributed by atoms with Crippen molar-refractivity contribution < 1.29 is 14.4 Å². The molecule has 2 aromatic heterocycles. The molecule has 2 aromatic rings. The first-order valence-corrected chi connectivity index (χ1v) is 8.53. The van der Waals surface area contributed by atoms with Gasteiger partial charge < -0.3 is 16.4 Å². The van der Waals surface area contributed by atoms with Crippen LogP contribution in [0.15, 0.2) is 18.2 Å². The average molecular weight is 371 g/mol. The molecule has 144 valence electrons. The van der Waals surface area contributed by atoms with Crippen molar-refractivity contribution in [2.45, 2.75) is 41.5 Å². The predicted octanol–water partition coefficient (Wildman–Crippen LogP) is 2.70. The Labute approximate surface area is 157 Å². The number of anilines is 2. The third kappa shape index (κ3) is 4.78. The van der Waals surface area contributed by atoms with Gasteiger partial charge in [-0.3, -0.25) is 14.4 Å². The van der Waals surface area contributed by atoms with E-state index in [9.17, 15) is 14.4 Å². The smallest absolute Gasteiger partial charge is 0.252 e. The summed E-state index contributed by atoms with van der Waals surface area (Å²) in [6.07, 6.45) is 0. The average Bonchev–Trinajstić information content (AvgIpc) is 2.52. The van der Waals surface area contributed by atoms with Gasteiger partial charge in [0.25, 0.3) is 5.91 Å². The molecule has 0 aromatic carbocycles. The van der Waals surface area contributed by atoms with Gasteiger partial charge in [0.2, 0.25) is 11.8 Å². The van der Waals surface area contributed by atoms with E-state index in [1.807, 2.05) is 0 Å². The molecule has 27 heavy (non-hydrogen) atoms. The molecule has 0 unspecified atom stereocenters. The minimum absolute atomic E-state index is 0.0433. The highest BCUT2D eigenvalue weighted by atomic mass is 16.2. The molecule has 0 fully saturated rings. The molecule has 0 saturated heterocycles. The monoisotopic (exact) mass is 371 g/mol. The molecule has 2 heterocycles. The Hall–Kier alpha value is -3.03.